The maximum absolute atomic E-state index is 12.6. The van der Waals surface area contributed by atoms with Gasteiger partial charge in [-0.05, 0) is 51.4 Å². The van der Waals surface area contributed by atoms with Crippen LogP contribution >= 0.6 is 12.4 Å². The number of furan rings is 1. The van der Waals surface area contributed by atoms with E-state index in [2.05, 4.69) is 5.32 Å². The molecule has 7 nitrogen and oxygen atoms in total. The SMILES string of the molecule is CCOC(=O)c1ccc(S(=O)(=O)N2CCCC(CNC)C2)o1.Cl. The number of carbonyl (C=O) groups excluding carboxylic acids is 1. The summed E-state index contributed by atoms with van der Waals surface area (Å²) in [6.45, 7) is 3.59. The number of nitrogens with one attached hydrogen (secondary N) is 1. The van der Waals surface area contributed by atoms with Crippen LogP contribution in [0.4, 0.5) is 0 Å². The van der Waals surface area contributed by atoms with Crippen LogP contribution in [-0.2, 0) is 14.8 Å². The van der Waals surface area contributed by atoms with Crippen molar-refractivity contribution in [2.45, 2.75) is 24.9 Å². The van der Waals surface area contributed by atoms with Gasteiger partial charge in [-0.3, -0.25) is 0 Å². The van der Waals surface area contributed by atoms with E-state index in [9.17, 15) is 13.2 Å². The fourth-order valence-electron chi connectivity index (χ4n) is 2.60. The molecule has 0 spiro atoms. The fourth-order valence-corrected chi connectivity index (χ4v) is 4.06. The summed E-state index contributed by atoms with van der Waals surface area (Å²) in [5.41, 5.74) is 0. The molecule has 23 heavy (non-hydrogen) atoms. The van der Waals surface area contributed by atoms with Crippen LogP contribution in [-0.4, -0.2) is 52.0 Å². The Labute approximate surface area is 142 Å². The van der Waals surface area contributed by atoms with Gasteiger partial charge in [-0.2, -0.15) is 4.31 Å². The summed E-state index contributed by atoms with van der Waals surface area (Å²) in [5.74, 6) is -0.465. The van der Waals surface area contributed by atoms with Gasteiger partial charge in [0.05, 0.1) is 6.61 Å². The van der Waals surface area contributed by atoms with Crippen molar-refractivity contribution in [2.75, 3.05) is 33.3 Å². The Morgan fingerprint density at radius 3 is 2.87 bits per heavy atom. The summed E-state index contributed by atoms with van der Waals surface area (Å²) in [5, 5.41) is 2.87. The lowest BCUT2D eigenvalue weighted by atomic mass is 10.00. The first-order chi connectivity index (χ1) is 10.5. The van der Waals surface area contributed by atoms with Crippen molar-refractivity contribution in [3.63, 3.8) is 0 Å². The molecule has 1 aliphatic rings. The number of ether oxygens (including phenoxy) is 1. The van der Waals surface area contributed by atoms with Crippen LogP contribution in [0.5, 0.6) is 0 Å². The van der Waals surface area contributed by atoms with Gasteiger partial charge >= 0.3 is 5.97 Å². The topological polar surface area (TPSA) is 88.9 Å². The first-order valence-corrected chi connectivity index (χ1v) is 8.84. The predicted molar refractivity (Wildman–Crippen MR) is 87.3 cm³/mol. The van der Waals surface area contributed by atoms with E-state index in [1.165, 1.54) is 16.4 Å². The lowest BCUT2D eigenvalue weighted by Crippen LogP contribution is -2.42. The van der Waals surface area contributed by atoms with Gasteiger partial charge < -0.3 is 14.5 Å². The Hall–Kier alpha value is -1.09. The number of hydrogen-bond donors (Lipinski definition) is 1. The highest BCUT2D eigenvalue weighted by atomic mass is 35.5. The van der Waals surface area contributed by atoms with E-state index in [0.717, 1.165) is 19.4 Å². The van der Waals surface area contributed by atoms with Gasteiger partial charge in [-0.1, -0.05) is 0 Å². The van der Waals surface area contributed by atoms with Gasteiger partial charge in [0, 0.05) is 13.1 Å². The predicted octanol–water partition coefficient (Wildman–Crippen LogP) is 1.50. The standard InChI is InChI=1S/C14H22N2O5S.ClH/c1-3-20-14(17)12-6-7-13(21-12)22(18,19)16-8-4-5-11(10-16)9-15-2;/h6-7,11,15H,3-5,8-10H2,1-2H3;1H. The van der Waals surface area contributed by atoms with Gasteiger partial charge in [-0.25, -0.2) is 13.2 Å². The van der Waals surface area contributed by atoms with Crippen LogP contribution in [0.25, 0.3) is 0 Å². The molecular weight excluding hydrogens is 344 g/mol. The van der Waals surface area contributed by atoms with Gasteiger partial charge in [0.15, 0.2) is 0 Å². The van der Waals surface area contributed by atoms with Crippen LogP contribution in [0.15, 0.2) is 21.6 Å². The molecular formula is C14H23ClN2O5S. The largest absolute Gasteiger partial charge is 0.460 e. The summed E-state index contributed by atoms with van der Waals surface area (Å²) >= 11 is 0. The molecule has 1 fully saturated rings. The molecule has 132 valence electrons. The van der Waals surface area contributed by atoms with Crippen molar-refractivity contribution in [1.82, 2.24) is 9.62 Å². The molecule has 0 bridgehead atoms. The molecule has 1 aromatic rings. The summed E-state index contributed by atoms with van der Waals surface area (Å²) in [4.78, 5) is 11.6. The van der Waals surface area contributed by atoms with Crippen LogP contribution in [0.1, 0.15) is 30.3 Å². The Morgan fingerprint density at radius 2 is 2.22 bits per heavy atom. The molecule has 1 unspecified atom stereocenters. The molecule has 0 saturated carbocycles. The Bertz CT molecular complexity index is 614. The van der Waals surface area contributed by atoms with Crippen LogP contribution in [0.2, 0.25) is 0 Å². The molecule has 0 aromatic carbocycles. The highest BCUT2D eigenvalue weighted by Gasteiger charge is 2.32. The van der Waals surface area contributed by atoms with Crippen molar-refractivity contribution >= 4 is 28.4 Å². The average Bonchev–Trinajstić information content (AvgIpc) is 2.99. The second kappa shape index (κ2) is 8.68. The molecule has 1 aromatic heterocycles. The minimum Gasteiger partial charge on any atom is -0.460 e. The molecule has 0 radical (unpaired) electrons. The van der Waals surface area contributed by atoms with Gasteiger partial charge in [0.2, 0.25) is 10.9 Å². The lowest BCUT2D eigenvalue weighted by Gasteiger charge is -2.31. The number of rotatable bonds is 6. The van der Waals surface area contributed by atoms with Crippen molar-refractivity contribution in [3.8, 4) is 0 Å². The van der Waals surface area contributed by atoms with Crippen molar-refractivity contribution < 1.29 is 22.4 Å². The van der Waals surface area contributed by atoms with E-state index in [4.69, 9.17) is 9.15 Å². The molecule has 9 heteroatoms. The highest BCUT2D eigenvalue weighted by Crippen LogP contribution is 2.25. The molecule has 1 atom stereocenters. The number of nitrogens with zero attached hydrogens (tertiary/aromatic N) is 1. The summed E-state index contributed by atoms with van der Waals surface area (Å²) in [6.07, 6.45) is 1.82. The van der Waals surface area contributed by atoms with Crippen LogP contribution in [0.3, 0.4) is 0 Å². The quantitative estimate of drug-likeness (QED) is 0.767. The van der Waals surface area contributed by atoms with Gasteiger partial charge in [0.1, 0.15) is 0 Å². The zero-order valence-electron chi connectivity index (χ0n) is 13.3. The number of halogens is 1. The van der Waals surface area contributed by atoms with Crippen LogP contribution < -0.4 is 5.32 Å². The maximum atomic E-state index is 12.6. The second-order valence-corrected chi connectivity index (χ2v) is 7.14. The Balaban J connectivity index is 0.00000264. The monoisotopic (exact) mass is 366 g/mol. The number of hydrogen-bond acceptors (Lipinski definition) is 6. The summed E-state index contributed by atoms with van der Waals surface area (Å²) < 4.78 is 36.6. The molecule has 1 aliphatic heterocycles. The third kappa shape index (κ3) is 4.69. The third-order valence-corrected chi connectivity index (χ3v) is 5.37. The first-order valence-electron chi connectivity index (χ1n) is 7.40. The minimum absolute atomic E-state index is 0. The third-order valence-electron chi connectivity index (χ3n) is 3.63. The van der Waals surface area contributed by atoms with E-state index in [0.29, 0.717) is 13.1 Å². The lowest BCUT2D eigenvalue weighted by molar-refractivity contribution is 0.0483. The molecule has 0 amide bonds. The van der Waals surface area contributed by atoms with Crippen molar-refractivity contribution in [3.05, 3.63) is 17.9 Å². The van der Waals surface area contributed by atoms with Crippen molar-refractivity contribution in [1.29, 1.82) is 0 Å². The zero-order valence-corrected chi connectivity index (χ0v) is 14.9. The zero-order chi connectivity index (χ0) is 16.2. The maximum Gasteiger partial charge on any atom is 0.374 e. The van der Waals surface area contributed by atoms with E-state index in [1.807, 2.05) is 7.05 Å². The van der Waals surface area contributed by atoms with Gasteiger partial charge in [0.25, 0.3) is 10.0 Å². The molecule has 1 N–H and O–H groups in total. The second-order valence-electron chi connectivity index (χ2n) is 5.27. The minimum atomic E-state index is -3.71. The number of carbonyl (C=O) groups is 1. The number of piperidine rings is 1. The normalized spacial score (nSPS) is 19.1. The molecule has 2 rings (SSSR count). The molecule has 0 aliphatic carbocycles. The van der Waals surface area contributed by atoms with E-state index in [1.54, 1.807) is 6.92 Å². The van der Waals surface area contributed by atoms with Gasteiger partial charge in [-0.15, -0.1) is 12.4 Å². The smallest absolute Gasteiger partial charge is 0.374 e. The first kappa shape index (κ1) is 20.0. The summed E-state index contributed by atoms with van der Waals surface area (Å²) in [6, 6.07) is 2.64. The Kier molecular flexibility index (Phi) is 7.53. The van der Waals surface area contributed by atoms with E-state index >= 15 is 0 Å². The fraction of sp³-hybridized carbons (Fsp3) is 0.643. The van der Waals surface area contributed by atoms with E-state index < -0.39 is 16.0 Å². The molecule has 1 saturated heterocycles. The van der Waals surface area contributed by atoms with E-state index in [-0.39, 0.29) is 35.8 Å². The Morgan fingerprint density at radius 1 is 1.48 bits per heavy atom. The number of sulfonamides is 1. The summed E-state index contributed by atoms with van der Waals surface area (Å²) in [7, 11) is -1.86. The molecule has 2 heterocycles. The highest BCUT2D eigenvalue weighted by molar-refractivity contribution is 7.89. The van der Waals surface area contributed by atoms with Crippen molar-refractivity contribution in [2.24, 2.45) is 5.92 Å². The average molecular weight is 367 g/mol. The van der Waals surface area contributed by atoms with Crippen LogP contribution in [0, 0.1) is 5.92 Å². The number of esters is 1.